The third kappa shape index (κ3) is 6.32. The van der Waals surface area contributed by atoms with E-state index in [1.807, 2.05) is 0 Å². The van der Waals surface area contributed by atoms with Gasteiger partial charge >= 0.3 is 0 Å². The van der Waals surface area contributed by atoms with Crippen LogP contribution in [-0.4, -0.2) is 16.1 Å². The fourth-order valence-electron chi connectivity index (χ4n) is 2.20. The van der Waals surface area contributed by atoms with Crippen LogP contribution in [-0.2, 0) is 0 Å². The van der Waals surface area contributed by atoms with Gasteiger partial charge in [0, 0.05) is 10.0 Å². The fraction of sp³-hybridized carbons (Fsp3) is 0.333. The summed E-state index contributed by atoms with van der Waals surface area (Å²) in [5.74, 6) is -0.330. The van der Waals surface area contributed by atoms with Crippen LogP contribution in [0.3, 0.4) is 0 Å². The largest absolute Gasteiger partial charge is 0.207 e. The zero-order valence-corrected chi connectivity index (χ0v) is 18.5. The van der Waals surface area contributed by atoms with E-state index < -0.39 is 16.1 Å². The Morgan fingerprint density at radius 3 is 1.12 bits per heavy atom. The molecule has 2 aromatic carbocycles. The molecule has 0 N–H and O–H groups in total. The first-order chi connectivity index (χ1) is 10.8. The Bertz CT molecular complexity index is 644. The maximum absolute atomic E-state index is 13.3. The third-order valence-corrected chi connectivity index (χ3v) is 7.99. The molecular formula is C18H24Cl2F2Si2. The lowest BCUT2D eigenvalue weighted by atomic mass is 10.3. The highest BCUT2D eigenvalue weighted by atomic mass is 35.5. The fourth-order valence-corrected chi connectivity index (χ4v) is 5.26. The van der Waals surface area contributed by atoms with Gasteiger partial charge in [-0.15, -0.1) is 0 Å². The first-order valence-electron chi connectivity index (χ1n) is 7.73. The molecule has 0 aliphatic heterocycles. The van der Waals surface area contributed by atoms with E-state index in [4.69, 9.17) is 23.2 Å². The maximum atomic E-state index is 13.3. The minimum absolute atomic E-state index is 0.165. The van der Waals surface area contributed by atoms with Crippen molar-refractivity contribution in [3.63, 3.8) is 0 Å². The predicted octanol–water partition coefficient (Wildman–Crippen LogP) is 6.05. The first-order valence-corrected chi connectivity index (χ1v) is 15.5. The van der Waals surface area contributed by atoms with Gasteiger partial charge in [0.05, 0.1) is 16.1 Å². The van der Waals surface area contributed by atoms with Crippen LogP contribution in [0.2, 0.25) is 49.3 Å². The quantitative estimate of drug-likeness (QED) is 0.534. The molecule has 0 atom stereocenters. The standard InChI is InChI=1S/2C9H12ClFSi/c2*1-12(2,3)9-5-4-7(10)6-8(9)11/h2*4-6H,1-3H3. The van der Waals surface area contributed by atoms with E-state index in [0.717, 1.165) is 10.4 Å². The molecule has 0 heterocycles. The topological polar surface area (TPSA) is 0 Å². The summed E-state index contributed by atoms with van der Waals surface area (Å²) < 4.78 is 26.6. The summed E-state index contributed by atoms with van der Waals surface area (Å²) in [4.78, 5) is 0. The van der Waals surface area contributed by atoms with Crippen molar-refractivity contribution in [3.8, 4) is 0 Å². The van der Waals surface area contributed by atoms with Gasteiger partial charge in [0.15, 0.2) is 0 Å². The Morgan fingerprint density at radius 1 is 0.625 bits per heavy atom. The molecule has 2 aromatic rings. The zero-order chi connectivity index (χ0) is 18.7. The highest BCUT2D eigenvalue weighted by molar-refractivity contribution is 6.89. The van der Waals surface area contributed by atoms with Gasteiger partial charge in [0.25, 0.3) is 0 Å². The van der Waals surface area contributed by atoms with Crippen molar-refractivity contribution in [1.82, 2.24) is 0 Å². The highest BCUT2D eigenvalue weighted by Crippen LogP contribution is 2.13. The molecule has 0 aliphatic rings. The molecule has 0 unspecified atom stereocenters. The monoisotopic (exact) mass is 404 g/mol. The molecule has 132 valence electrons. The molecule has 0 aromatic heterocycles. The third-order valence-electron chi connectivity index (χ3n) is 3.48. The summed E-state index contributed by atoms with van der Waals surface area (Å²) >= 11 is 11.3. The second kappa shape index (κ2) is 8.13. The second-order valence-corrected chi connectivity index (χ2v) is 18.7. The van der Waals surface area contributed by atoms with Crippen LogP contribution < -0.4 is 10.4 Å². The molecule has 0 fully saturated rings. The van der Waals surface area contributed by atoms with Crippen molar-refractivity contribution in [3.05, 3.63) is 58.1 Å². The highest BCUT2D eigenvalue weighted by Gasteiger charge is 2.21. The Kier molecular flexibility index (Phi) is 7.23. The number of benzene rings is 2. The van der Waals surface area contributed by atoms with Crippen molar-refractivity contribution in [2.45, 2.75) is 39.3 Å². The molecule has 0 nitrogen and oxygen atoms in total. The lowest BCUT2D eigenvalue weighted by Gasteiger charge is -2.17. The molecular weight excluding hydrogens is 381 g/mol. The molecule has 6 heteroatoms. The van der Waals surface area contributed by atoms with E-state index in [1.165, 1.54) is 12.1 Å². The minimum Gasteiger partial charge on any atom is -0.207 e. The van der Waals surface area contributed by atoms with Gasteiger partial charge in [-0.1, -0.05) is 74.6 Å². The number of hydrogen-bond acceptors (Lipinski definition) is 0. The van der Waals surface area contributed by atoms with Gasteiger partial charge < -0.3 is 0 Å². The predicted molar refractivity (Wildman–Crippen MR) is 109 cm³/mol. The summed E-state index contributed by atoms with van der Waals surface area (Å²) in [5, 5.41) is 2.61. The van der Waals surface area contributed by atoms with Crippen molar-refractivity contribution < 1.29 is 8.78 Å². The normalized spacial score (nSPS) is 11.8. The lowest BCUT2D eigenvalue weighted by molar-refractivity contribution is 0.634. The first kappa shape index (κ1) is 21.4. The van der Waals surface area contributed by atoms with E-state index in [-0.39, 0.29) is 11.6 Å². The average Bonchev–Trinajstić information content (AvgIpc) is 2.35. The van der Waals surface area contributed by atoms with Gasteiger partial charge in [-0.05, 0) is 34.6 Å². The molecule has 0 amide bonds. The summed E-state index contributed by atoms with van der Waals surface area (Å²) in [7, 11) is -3.07. The molecule has 0 saturated carbocycles. The molecule has 0 bridgehead atoms. The van der Waals surface area contributed by atoms with Crippen molar-refractivity contribution >= 4 is 49.7 Å². The van der Waals surface area contributed by atoms with E-state index in [9.17, 15) is 8.78 Å². The molecule has 0 radical (unpaired) electrons. The van der Waals surface area contributed by atoms with E-state index >= 15 is 0 Å². The van der Waals surface area contributed by atoms with Gasteiger partial charge in [0.1, 0.15) is 11.6 Å². The van der Waals surface area contributed by atoms with Gasteiger partial charge in [-0.3, -0.25) is 0 Å². The molecule has 24 heavy (non-hydrogen) atoms. The molecule has 0 saturated heterocycles. The van der Waals surface area contributed by atoms with Crippen LogP contribution in [0.25, 0.3) is 0 Å². The zero-order valence-electron chi connectivity index (χ0n) is 15.0. The SMILES string of the molecule is C[Si](C)(C)c1ccc(Cl)cc1F.C[Si](C)(C)c1ccc(Cl)cc1F. The number of halogens is 4. The number of rotatable bonds is 2. The summed E-state index contributed by atoms with van der Waals surface area (Å²) in [6.07, 6.45) is 0. The molecule has 0 aliphatic carbocycles. The van der Waals surface area contributed by atoms with Crippen LogP contribution >= 0.6 is 23.2 Å². The van der Waals surface area contributed by atoms with Crippen molar-refractivity contribution in [2.75, 3.05) is 0 Å². The maximum Gasteiger partial charge on any atom is 0.123 e. The van der Waals surface area contributed by atoms with Crippen molar-refractivity contribution in [1.29, 1.82) is 0 Å². The van der Waals surface area contributed by atoms with Crippen LogP contribution in [0.4, 0.5) is 8.78 Å². The average molecular weight is 405 g/mol. The Balaban J connectivity index is 0.000000240. The van der Waals surface area contributed by atoms with Gasteiger partial charge in [0.2, 0.25) is 0 Å². The van der Waals surface area contributed by atoms with Crippen LogP contribution in [0, 0.1) is 11.6 Å². The lowest BCUT2D eigenvalue weighted by Crippen LogP contribution is -2.39. The Hall–Kier alpha value is -0.686. The summed E-state index contributed by atoms with van der Waals surface area (Å²) in [5.41, 5.74) is 0. The molecule has 2 rings (SSSR count). The minimum atomic E-state index is -1.53. The van der Waals surface area contributed by atoms with Crippen LogP contribution in [0.15, 0.2) is 36.4 Å². The van der Waals surface area contributed by atoms with E-state index in [0.29, 0.717) is 10.0 Å². The van der Waals surface area contributed by atoms with Gasteiger partial charge in [-0.2, -0.15) is 0 Å². The van der Waals surface area contributed by atoms with E-state index in [2.05, 4.69) is 39.3 Å². The Morgan fingerprint density at radius 2 is 0.917 bits per heavy atom. The number of hydrogen-bond donors (Lipinski definition) is 0. The van der Waals surface area contributed by atoms with Gasteiger partial charge in [-0.25, -0.2) is 8.78 Å². The summed E-state index contributed by atoms with van der Waals surface area (Å²) in [6.45, 7) is 12.7. The second-order valence-electron chi connectivity index (χ2n) is 7.75. The Labute approximate surface area is 155 Å². The smallest absolute Gasteiger partial charge is 0.123 e. The molecule has 0 spiro atoms. The van der Waals surface area contributed by atoms with E-state index in [1.54, 1.807) is 24.3 Å². The van der Waals surface area contributed by atoms with Crippen LogP contribution in [0.1, 0.15) is 0 Å². The summed E-state index contributed by atoms with van der Waals surface area (Å²) in [6, 6.07) is 9.86. The van der Waals surface area contributed by atoms with Crippen LogP contribution in [0.5, 0.6) is 0 Å². The van der Waals surface area contributed by atoms with Crippen molar-refractivity contribution in [2.24, 2.45) is 0 Å².